The maximum Gasteiger partial charge on any atom is 0.335 e. The van der Waals surface area contributed by atoms with E-state index in [0.717, 1.165) is 6.92 Å². The first-order chi connectivity index (χ1) is 14.0. The highest BCUT2D eigenvalue weighted by molar-refractivity contribution is 5.73. The number of aliphatic hydroxyl groups excluding tert-OH is 6. The molecule has 0 rings (SSSR count). The Kier molecular flexibility index (Phi) is 13.8. The van der Waals surface area contributed by atoms with Gasteiger partial charge < -0.3 is 60.0 Å². The number of methoxy groups -OCH3 is 1. The first kappa shape index (κ1) is 28.5. The predicted molar refractivity (Wildman–Crippen MR) is 95.6 cm³/mol. The van der Waals surface area contributed by atoms with Crippen LogP contribution in [0.1, 0.15) is 13.8 Å². The molecule has 0 spiro atoms. The Bertz CT molecular complexity index is 506. The van der Waals surface area contributed by atoms with E-state index in [2.05, 4.69) is 10.1 Å². The van der Waals surface area contributed by atoms with Crippen LogP contribution in [0.5, 0.6) is 0 Å². The van der Waals surface area contributed by atoms with Crippen molar-refractivity contribution < 1.29 is 64.3 Å². The summed E-state index contributed by atoms with van der Waals surface area (Å²) in [5, 5.41) is 68.8. The number of amides is 1. The quantitative estimate of drug-likeness (QED) is 0.105. The second kappa shape index (κ2) is 14.5. The number of carboxylic acids is 1. The van der Waals surface area contributed by atoms with E-state index in [1.54, 1.807) is 0 Å². The molecule has 0 aliphatic rings. The van der Waals surface area contributed by atoms with Crippen molar-refractivity contribution in [1.29, 1.82) is 0 Å². The van der Waals surface area contributed by atoms with E-state index >= 15 is 0 Å². The lowest BCUT2D eigenvalue weighted by molar-refractivity contribution is -0.262. The summed E-state index contributed by atoms with van der Waals surface area (Å²) in [5.74, 6) is -2.46. The van der Waals surface area contributed by atoms with Crippen LogP contribution in [0.25, 0.3) is 0 Å². The maximum atomic E-state index is 11.5. The molecule has 14 heteroatoms. The number of carbonyl (C=O) groups is 2. The SMILES string of the molecule is COC[C@@H](OC(CO)[C@H](C)O)C(NC(C)=O)O[C@H](O)C(O)[C@H](OCO)C(O)C(=O)O. The molecule has 0 aromatic heterocycles. The van der Waals surface area contributed by atoms with E-state index in [4.69, 9.17) is 24.4 Å². The summed E-state index contributed by atoms with van der Waals surface area (Å²) in [6, 6.07) is 0. The molecular weight excluding hydrogens is 414 g/mol. The second-order valence-corrected chi connectivity index (χ2v) is 6.27. The number of carbonyl (C=O) groups excluding carboxylic acids is 1. The first-order valence-electron chi connectivity index (χ1n) is 8.85. The highest BCUT2D eigenvalue weighted by Gasteiger charge is 2.40. The Hall–Kier alpha value is -1.46. The fourth-order valence-corrected chi connectivity index (χ4v) is 2.31. The van der Waals surface area contributed by atoms with Gasteiger partial charge in [-0.15, -0.1) is 0 Å². The highest BCUT2D eigenvalue weighted by Crippen LogP contribution is 2.16. The van der Waals surface area contributed by atoms with E-state index in [9.17, 15) is 35.1 Å². The Balaban J connectivity index is 5.56. The molecule has 178 valence electrons. The number of carboxylic acid groups (broad SMARTS) is 1. The number of aliphatic carboxylic acids is 1. The van der Waals surface area contributed by atoms with E-state index in [1.807, 2.05) is 0 Å². The molecule has 0 radical (unpaired) electrons. The van der Waals surface area contributed by atoms with E-state index in [0.29, 0.717) is 0 Å². The molecule has 14 nitrogen and oxygen atoms in total. The van der Waals surface area contributed by atoms with Gasteiger partial charge in [-0.1, -0.05) is 0 Å². The molecule has 0 fully saturated rings. The van der Waals surface area contributed by atoms with Crippen LogP contribution in [0.15, 0.2) is 0 Å². The Morgan fingerprint density at radius 2 is 1.63 bits per heavy atom. The predicted octanol–water partition coefficient (Wildman–Crippen LogP) is -4.30. The minimum Gasteiger partial charge on any atom is -0.479 e. The van der Waals surface area contributed by atoms with Crippen LogP contribution in [0, 0.1) is 0 Å². The molecule has 0 aromatic rings. The lowest BCUT2D eigenvalue weighted by Crippen LogP contribution is -2.56. The van der Waals surface area contributed by atoms with Gasteiger partial charge in [-0.3, -0.25) is 4.79 Å². The molecule has 0 heterocycles. The summed E-state index contributed by atoms with van der Waals surface area (Å²) >= 11 is 0. The van der Waals surface area contributed by atoms with Crippen molar-refractivity contribution >= 4 is 11.9 Å². The minimum absolute atomic E-state index is 0.259. The largest absolute Gasteiger partial charge is 0.479 e. The van der Waals surface area contributed by atoms with Gasteiger partial charge in [0.1, 0.15) is 31.2 Å². The van der Waals surface area contributed by atoms with Gasteiger partial charge in [0.25, 0.3) is 0 Å². The van der Waals surface area contributed by atoms with Crippen molar-refractivity contribution in [3.05, 3.63) is 0 Å². The monoisotopic (exact) mass is 445 g/mol. The molecule has 8 N–H and O–H groups in total. The molecule has 1 amide bonds. The topological polar surface area (TPSA) is 225 Å². The fourth-order valence-electron chi connectivity index (χ4n) is 2.31. The molecular formula is C16H31NO13. The second-order valence-electron chi connectivity index (χ2n) is 6.27. The third-order valence-electron chi connectivity index (χ3n) is 3.83. The maximum absolute atomic E-state index is 11.5. The summed E-state index contributed by atoms with van der Waals surface area (Å²) in [6.45, 7) is 0.489. The Labute approximate surface area is 172 Å². The van der Waals surface area contributed by atoms with E-state index < -0.39 is 74.4 Å². The highest BCUT2D eigenvalue weighted by atomic mass is 16.7. The average molecular weight is 445 g/mol. The third kappa shape index (κ3) is 9.57. The van der Waals surface area contributed by atoms with Crippen molar-refractivity contribution in [3.63, 3.8) is 0 Å². The van der Waals surface area contributed by atoms with Crippen LogP contribution in [0.3, 0.4) is 0 Å². The molecule has 0 saturated heterocycles. The van der Waals surface area contributed by atoms with Crippen molar-refractivity contribution in [2.24, 2.45) is 0 Å². The van der Waals surface area contributed by atoms with Gasteiger partial charge in [0.2, 0.25) is 5.91 Å². The molecule has 30 heavy (non-hydrogen) atoms. The first-order valence-corrected chi connectivity index (χ1v) is 8.85. The summed E-state index contributed by atoms with van der Waals surface area (Å²) in [5.41, 5.74) is 0. The van der Waals surface area contributed by atoms with Crippen molar-refractivity contribution in [2.75, 3.05) is 27.1 Å². The molecule has 8 atom stereocenters. The fraction of sp³-hybridized carbons (Fsp3) is 0.875. The Morgan fingerprint density at radius 1 is 1.03 bits per heavy atom. The van der Waals surface area contributed by atoms with Gasteiger partial charge in [-0.2, -0.15) is 0 Å². The van der Waals surface area contributed by atoms with Crippen molar-refractivity contribution in [2.45, 2.75) is 63.0 Å². The zero-order valence-corrected chi connectivity index (χ0v) is 16.8. The van der Waals surface area contributed by atoms with Crippen LogP contribution < -0.4 is 5.32 Å². The van der Waals surface area contributed by atoms with Gasteiger partial charge in [0, 0.05) is 14.0 Å². The zero-order chi connectivity index (χ0) is 23.4. The van der Waals surface area contributed by atoms with Gasteiger partial charge in [-0.05, 0) is 6.92 Å². The standard InChI is InChI=1S/C16H31NO13/c1-7(20)9(4-18)29-10(5-27-3)14(17-8(2)21)30-16(26)12(23)13(28-6-19)11(22)15(24)25/h7,9-14,16,18-20,22-23,26H,4-6H2,1-3H3,(H,17,21)(H,24,25)/t7-,9?,10+,11?,12?,13+,14?,16-/m0/s1. The lowest BCUT2D eigenvalue weighted by atomic mass is 10.1. The summed E-state index contributed by atoms with van der Waals surface area (Å²) in [7, 11) is 1.27. The van der Waals surface area contributed by atoms with Gasteiger partial charge in [0.05, 0.1) is 19.3 Å². The third-order valence-corrected chi connectivity index (χ3v) is 3.83. The number of hydrogen-bond acceptors (Lipinski definition) is 12. The molecule has 0 saturated carbocycles. The van der Waals surface area contributed by atoms with E-state index in [-0.39, 0.29) is 6.61 Å². The minimum atomic E-state index is -2.33. The normalized spacial score (nSPS) is 19.8. The Morgan fingerprint density at radius 3 is 2.03 bits per heavy atom. The number of nitrogens with one attached hydrogen (secondary N) is 1. The van der Waals surface area contributed by atoms with Crippen LogP contribution in [0.4, 0.5) is 0 Å². The summed E-state index contributed by atoms with van der Waals surface area (Å²) in [4.78, 5) is 22.5. The summed E-state index contributed by atoms with van der Waals surface area (Å²) in [6.07, 6.45) is -13.7. The smallest absolute Gasteiger partial charge is 0.335 e. The van der Waals surface area contributed by atoms with Crippen LogP contribution in [0.2, 0.25) is 0 Å². The van der Waals surface area contributed by atoms with E-state index in [1.165, 1.54) is 14.0 Å². The number of hydrogen-bond donors (Lipinski definition) is 8. The molecule has 0 aromatic carbocycles. The number of ether oxygens (including phenoxy) is 4. The lowest BCUT2D eigenvalue weighted by Gasteiger charge is -2.34. The van der Waals surface area contributed by atoms with Crippen LogP contribution in [-0.4, -0.2) is 124 Å². The van der Waals surface area contributed by atoms with Crippen LogP contribution in [-0.2, 0) is 28.5 Å². The van der Waals surface area contributed by atoms with Gasteiger partial charge >= 0.3 is 5.97 Å². The molecule has 4 unspecified atom stereocenters. The molecule has 0 aliphatic carbocycles. The van der Waals surface area contributed by atoms with Gasteiger partial charge in [0.15, 0.2) is 18.6 Å². The van der Waals surface area contributed by atoms with Crippen LogP contribution >= 0.6 is 0 Å². The van der Waals surface area contributed by atoms with Crippen molar-refractivity contribution in [3.8, 4) is 0 Å². The number of rotatable bonds is 16. The molecule has 0 bridgehead atoms. The number of aliphatic hydroxyl groups is 6. The zero-order valence-electron chi connectivity index (χ0n) is 16.8. The van der Waals surface area contributed by atoms with Gasteiger partial charge in [-0.25, -0.2) is 4.79 Å². The molecule has 0 aliphatic heterocycles. The van der Waals surface area contributed by atoms with Crippen molar-refractivity contribution in [1.82, 2.24) is 5.32 Å². The average Bonchev–Trinajstić information content (AvgIpc) is 2.66. The summed E-state index contributed by atoms with van der Waals surface area (Å²) < 4.78 is 20.1.